The van der Waals surface area contributed by atoms with E-state index in [1.165, 1.54) is 31.7 Å². The van der Waals surface area contributed by atoms with Gasteiger partial charge in [-0.25, -0.2) is 4.39 Å². The van der Waals surface area contributed by atoms with E-state index in [1.54, 1.807) is 17.8 Å². The predicted molar refractivity (Wildman–Crippen MR) is 82.0 cm³/mol. The zero-order chi connectivity index (χ0) is 13.2. The smallest absolute Gasteiger partial charge is 0.157 e. The van der Waals surface area contributed by atoms with Crippen molar-refractivity contribution in [2.24, 2.45) is 4.99 Å². The summed E-state index contributed by atoms with van der Waals surface area (Å²) in [7, 11) is 0. The lowest BCUT2D eigenvalue weighted by Crippen LogP contribution is -2.36. The standard InChI is InChI=1S/C14H16BrFN2S/c15-10-5-6-11(16)9(7-10)8-19-14-17-12-3-1-2-4-13(12)18-14/h5-7,12-13H,1-4,8H2,(H,17,18)/t12-,13+. The van der Waals surface area contributed by atoms with E-state index in [9.17, 15) is 4.39 Å². The average Bonchev–Trinajstić information content (AvgIpc) is 2.82. The van der Waals surface area contributed by atoms with Gasteiger partial charge in [-0.1, -0.05) is 40.5 Å². The molecule has 1 aromatic rings. The van der Waals surface area contributed by atoms with Crippen LogP contribution in [0.4, 0.5) is 4.39 Å². The van der Waals surface area contributed by atoms with E-state index >= 15 is 0 Å². The molecule has 2 atom stereocenters. The summed E-state index contributed by atoms with van der Waals surface area (Å²) in [5, 5.41) is 4.46. The molecule has 0 unspecified atom stereocenters. The molecule has 1 fully saturated rings. The first-order valence-corrected chi connectivity index (χ1v) is 8.41. The van der Waals surface area contributed by atoms with E-state index in [2.05, 4.69) is 21.2 Å². The predicted octanol–water partition coefficient (Wildman–Crippen LogP) is 4.09. The zero-order valence-electron chi connectivity index (χ0n) is 10.5. The highest BCUT2D eigenvalue weighted by atomic mass is 79.9. The van der Waals surface area contributed by atoms with Crippen LogP contribution in [-0.2, 0) is 5.75 Å². The highest BCUT2D eigenvalue weighted by Crippen LogP contribution is 2.28. The lowest BCUT2D eigenvalue weighted by molar-refractivity contribution is 0.385. The SMILES string of the molecule is Fc1ccc(Br)cc1CSC1=N[C@@H]2CCCC[C@@H]2N1. The van der Waals surface area contributed by atoms with Gasteiger partial charge in [-0.15, -0.1) is 0 Å². The highest BCUT2D eigenvalue weighted by Gasteiger charge is 2.30. The summed E-state index contributed by atoms with van der Waals surface area (Å²) in [6.07, 6.45) is 4.98. The molecule has 3 rings (SSSR count). The lowest BCUT2D eigenvalue weighted by Gasteiger charge is -2.23. The number of nitrogens with zero attached hydrogens (tertiary/aromatic N) is 1. The van der Waals surface area contributed by atoms with Crippen LogP contribution in [0.2, 0.25) is 0 Å². The molecule has 1 aliphatic carbocycles. The minimum Gasteiger partial charge on any atom is -0.360 e. The molecule has 19 heavy (non-hydrogen) atoms. The number of fused-ring (bicyclic) bond motifs is 1. The number of hydrogen-bond acceptors (Lipinski definition) is 3. The van der Waals surface area contributed by atoms with E-state index in [0.29, 0.717) is 17.8 Å². The molecule has 5 heteroatoms. The van der Waals surface area contributed by atoms with Gasteiger partial charge in [-0.3, -0.25) is 4.99 Å². The molecule has 0 spiro atoms. The first-order chi connectivity index (χ1) is 9.22. The van der Waals surface area contributed by atoms with Crippen molar-refractivity contribution in [1.29, 1.82) is 0 Å². The van der Waals surface area contributed by atoms with Crippen LogP contribution >= 0.6 is 27.7 Å². The molecule has 0 saturated heterocycles. The summed E-state index contributed by atoms with van der Waals surface area (Å²) in [4.78, 5) is 4.71. The van der Waals surface area contributed by atoms with Crippen molar-refractivity contribution in [1.82, 2.24) is 5.32 Å². The van der Waals surface area contributed by atoms with Gasteiger partial charge in [0.05, 0.1) is 12.1 Å². The van der Waals surface area contributed by atoms with Crippen LogP contribution in [0, 0.1) is 5.82 Å². The summed E-state index contributed by atoms with van der Waals surface area (Å²) in [6, 6.07) is 6.03. The van der Waals surface area contributed by atoms with Gasteiger partial charge in [-0.05, 0) is 36.6 Å². The van der Waals surface area contributed by atoms with Crippen LogP contribution in [0.1, 0.15) is 31.2 Å². The molecule has 1 N–H and O–H groups in total. The monoisotopic (exact) mass is 342 g/mol. The van der Waals surface area contributed by atoms with Crippen molar-refractivity contribution >= 4 is 32.9 Å². The van der Waals surface area contributed by atoms with Crippen LogP contribution in [0.15, 0.2) is 27.7 Å². The number of halogens is 2. The van der Waals surface area contributed by atoms with Crippen LogP contribution < -0.4 is 5.32 Å². The number of hydrogen-bond donors (Lipinski definition) is 1. The van der Waals surface area contributed by atoms with Gasteiger partial charge in [0.25, 0.3) is 0 Å². The second-order valence-corrected chi connectivity index (χ2v) is 6.94. The number of amidine groups is 1. The van der Waals surface area contributed by atoms with Gasteiger partial charge >= 0.3 is 0 Å². The second kappa shape index (κ2) is 5.83. The van der Waals surface area contributed by atoms with Crippen molar-refractivity contribution < 1.29 is 4.39 Å². The maximum atomic E-state index is 13.6. The maximum Gasteiger partial charge on any atom is 0.157 e. The van der Waals surface area contributed by atoms with Gasteiger partial charge in [-0.2, -0.15) is 0 Å². The maximum absolute atomic E-state index is 13.6. The Kier molecular flexibility index (Phi) is 4.12. The Balaban J connectivity index is 1.62. The van der Waals surface area contributed by atoms with Gasteiger partial charge < -0.3 is 5.32 Å². The van der Waals surface area contributed by atoms with Crippen LogP contribution in [0.5, 0.6) is 0 Å². The van der Waals surface area contributed by atoms with Crippen molar-refractivity contribution in [3.05, 3.63) is 34.1 Å². The molecule has 0 radical (unpaired) electrons. The molecule has 0 amide bonds. The van der Waals surface area contributed by atoms with Crippen molar-refractivity contribution in [2.75, 3.05) is 0 Å². The normalized spacial score (nSPS) is 25.7. The Morgan fingerprint density at radius 2 is 2.21 bits per heavy atom. The molecule has 0 bridgehead atoms. The molecule has 1 heterocycles. The third kappa shape index (κ3) is 3.14. The first kappa shape index (κ1) is 13.4. The molecule has 2 aliphatic rings. The Labute approximate surface area is 125 Å². The quantitative estimate of drug-likeness (QED) is 0.875. The van der Waals surface area contributed by atoms with E-state index in [0.717, 1.165) is 15.2 Å². The first-order valence-electron chi connectivity index (χ1n) is 6.63. The minimum atomic E-state index is -0.147. The fourth-order valence-corrected chi connectivity index (χ4v) is 4.03. The Morgan fingerprint density at radius 3 is 3.05 bits per heavy atom. The molecular weight excluding hydrogens is 327 g/mol. The molecule has 1 saturated carbocycles. The largest absolute Gasteiger partial charge is 0.360 e. The lowest BCUT2D eigenvalue weighted by atomic mass is 9.92. The number of thioether (sulfide) groups is 1. The molecule has 0 aromatic heterocycles. The molecular formula is C14H16BrFN2S. The Morgan fingerprint density at radius 1 is 1.37 bits per heavy atom. The fourth-order valence-electron chi connectivity index (χ4n) is 2.66. The van der Waals surface area contributed by atoms with Crippen molar-refractivity contribution in [3.8, 4) is 0 Å². The minimum absolute atomic E-state index is 0.147. The van der Waals surface area contributed by atoms with Crippen LogP contribution in [0.25, 0.3) is 0 Å². The highest BCUT2D eigenvalue weighted by molar-refractivity contribution is 9.10. The third-order valence-electron chi connectivity index (χ3n) is 3.69. The summed E-state index contributed by atoms with van der Waals surface area (Å²) in [5.74, 6) is 0.475. The molecule has 1 aromatic carbocycles. The third-order valence-corrected chi connectivity index (χ3v) is 5.14. The second-order valence-electron chi connectivity index (χ2n) is 5.06. The number of rotatable bonds is 2. The number of nitrogens with one attached hydrogen (secondary N) is 1. The van der Waals surface area contributed by atoms with Crippen molar-refractivity contribution in [2.45, 2.75) is 43.5 Å². The number of benzene rings is 1. The van der Waals surface area contributed by atoms with Gasteiger partial charge in [0.15, 0.2) is 5.17 Å². The van der Waals surface area contributed by atoms with Crippen molar-refractivity contribution in [3.63, 3.8) is 0 Å². The van der Waals surface area contributed by atoms with E-state index in [-0.39, 0.29) is 5.82 Å². The van der Waals surface area contributed by atoms with E-state index in [1.807, 2.05) is 6.07 Å². The fraction of sp³-hybridized carbons (Fsp3) is 0.500. The zero-order valence-corrected chi connectivity index (χ0v) is 12.9. The summed E-state index contributed by atoms with van der Waals surface area (Å²) >= 11 is 4.98. The summed E-state index contributed by atoms with van der Waals surface area (Å²) in [5.41, 5.74) is 0.721. The molecule has 1 aliphatic heterocycles. The molecule has 102 valence electrons. The Hall–Kier alpha value is -0.550. The van der Waals surface area contributed by atoms with E-state index < -0.39 is 0 Å². The van der Waals surface area contributed by atoms with Gasteiger partial charge in [0.2, 0.25) is 0 Å². The van der Waals surface area contributed by atoms with Gasteiger partial charge in [0.1, 0.15) is 5.82 Å². The summed E-state index contributed by atoms with van der Waals surface area (Å²) in [6.45, 7) is 0. The summed E-state index contributed by atoms with van der Waals surface area (Å²) < 4.78 is 14.6. The van der Waals surface area contributed by atoms with Crippen LogP contribution in [0.3, 0.4) is 0 Å². The Bertz CT molecular complexity index is 506. The number of aliphatic imine (C=N–C) groups is 1. The van der Waals surface area contributed by atoms with Gasteiger partial charge in [0, 0.05) is 10.2 Å². The topological polar surface area (TPSA) is 24.4 Å². The van der Waals surface area contributed by atoms with E-state index in [4.69, 9.17) is 4.99 Å². The molecule has 2 nitrogen and oxygen atoms in total. The average molecular weight is 343 g/mol. The van der Waals surface area contributed by atoms with Crippen LogP contribution in [-0.4, -0.2) is 17.3 Å².